The van der Waals surface area contributed by atoms with E-state index in [1.165, 1.54) is 5.56 Å². The molecule has 0 aliphatic carbocycles. The molecule has 0 amide bonds. The first-order chi connectivity index (χ1) is 15.4. The van der Waals surface area contributed by atoms with Crippen LogP contribution < -0.4 is 0 Å². The zero-order chi connectivity index (χ0) is 24.0. The van der Waals surface area contributed by atoms with Crippen LogP contribution in [0.2, 0.25) is 0 Å². The minimum atomic E-state index is -0.402. The lowest BCUT2D eigenvalue weighted by Crippen LogP contribution is -2.27. The fourth-order valence-corrected chi connectivity index (χ4v) is 5.04. The van der Waals surface area contributed by atoms with Gasteiger partial charge in [0.1, 0.15) is 22.5 Å². The zero-order valence-corrected chi connectivity index (χ0v) is 20.8. The van der Waals surface area contributed by atoms with Gasteiger partial charge >= 0.3 is 0 Å². The molecule has 1 aromatic heterocycles. The van der Waals surface area contributed by atoms with Crippen LogP contribution in [0.25, 0.3) is 16.7 Å². The quantitative estimate of drug-likeness (QED) is 0.357. The molecule has 4 rings (SSSR count). The fourth-order valence-electron chi connectivity index (χ4n) is 5.04. The van der Waals surface area contributed by atoms with Crippen molar-refractivity contribution in [2.24, 2.45) is 5.41 Å². The lowest BCUT2D eigenvalue weighted by Gasteiger charge is -2.35. The molecule has 0 aliphatic rings. The largest absolute Gasteiger partial charge is 0.505 e. The van der Waals surface area contributed by atoms with Crippen molar-refractivity contribution in [1.29, 1.82) is 0 Å². The van der Waals surface area contributed by atoms with E-state index in [1.807, 2.05) is 42.5 Å². The molecule has 4 nitrogen and oxygen atoms in total. The highest BCUT2D eigenvalue weighted by Gasteiger charge is 2.33. The summed E-state index contributed by atoms with van der Waals surface area (Å²) in [4.78, 5) is 1.58. The van der Waals surface area contributed by atoms with Crippen molar-refractivity contribution in [3.63, 3.8) is 0 Å². The van der Waals surface area contributed by atoms with Gasteiger partial charge in [-0.3, -0.25) is 0 Å². The molecule has 0 spiro atoms. The van der Waals surface area contributed by atoms with Crippen LogP contribution in [0, 0.1) is 5.41 Å². The summed E-state index contributed by atoms with van der Waals surface area (Å²) >= 11 is 0. The Balaban J connectivity index is 1.97. The summed E-state index contributed by atoms with van der Waals surface area (Å²) in [5.41, 5.74) is 5.08. The maximum atomic E-state index is 11.6. The second-order valence-corrected chi connectivity index (χ2v) is 11.5. The van der Waals surface area contributed by atoms with Gasteiger partial charge in [-0.1, -0.05) is 97.0 Å². The van der Waals surface area contributed by atoms with Gasteiger partial charge in [0, 0.05) is 11.0 Å². The molecular weight excluding hydrogens is 406 g/mol. The van der Waals surface area contributed by atoms with Crippen molar-refractivity contribution in [2.75, 3.05) is 0 Å². The van der Waals surface area contributed by atoms with Crippen LogP contribution in [0.3, 0.4) is 0 Å². The highest BCUT2D eigenvalue weighted by molar-refractivity contribution is 5.74. The Hall–Kier alpha value is -3.14. The summed E-state index contributed by atoms with van der Waals surface area (Å²) in [6.45, 7) is 15.7. The van der Waals surface area contributed by atoms with Crippen LogP contribution in [0.4, 0.5) is 0 Å². The first-order valence-corrected chi connectivity index (χ1v) is 11.6. The summed E-state index contributed by atoms with van der Waals surface area (Å²) in [6.07, 6.45) is 1.00. The first-order valence-electron chi connectivity index (χ1n) is 11.6. The number of benzene rings is 3. The third-order valence-corrected chi connectivity index (χ3v) is 6.51. The van der Waals surface area contributed by atoms with Crippen molar-refractivity contribution in [3.05, 3.63) is 83.4 Å². The zero-order valence-electron chi connectivity index (χ0n) is 20.8. The van der Waals surface area contributed by atoms with Gasteiger partial charge in [0.2, 0.25) is 0 Å². The number of aromatic nitrogens is 3. The second kappa shape index (κ2) is 8.02. The number of phenolic OH excluding ortho intramolecular Hbond substituents is 1. The standard InChI is InChI=1S/C29H35N3O/c1-27(2,3)19-28(4,5)21-17-22(29(6,7)20-13-9-8-10-14-20)26(33)25(18-21)32-30-23-15-11-12-16-24(23)31-32/h8-18,33H,19H2,1-7H3. The average Bonchev–Trinajstić information content (AvgIpc) is 3.16. The Morgan fingerprint density at radius 3 is 1.82 bits per heavy atom. The van der Waals surface area contributed by atoms with Gasteiger partial charge in [-0.2, -0.15) is 0 Å². The molecule has 0 bridgehead atoms. The van der Waals surface area contributed by atoms with Crippen LogP contribution >= 0.6 is 0 Å². The highest BCUT2D eigenvalue weighted by atomic mass is 16.3. The molecule has 0 saturated carbocycles. The highest BCUT2D eigenvalue weighted by Crippen LogP contribution is 2.44. The predicted molar refractivity (Wildman–Crippen MR) is 136 cm³/mol. The first kappa shape index (κ1) is 23.0. The third-order valence-electron chi connectivity index (χ3n) is 6.51. The lowest BCUT2D eigenvalue weighted by atomic mass is 9.70. The molecule has 172 valence electrons. The number of hydrogen-bond acceptors (Lipinski definition) is 3. The molecule has 33 heavy (non-hydrogen) atoms. The Morgan fingerprint density at radius 2 is 1.27 bits per heavy atom. The van der Waals surface area contributed by atoms with Gasteiger partial charge in [-0.25, -0.2) is 0 Å². The molecule has 0 radical (unpaired) electrons. The predicted octanol–water partition coefficient (Wildman–Crippen LogP) is 7.17. The van der Waals surface area contributed by atoms with Crippen molar-refractivity contribution < 1.29 is 5.11 Å². The molecular formula is C29H35N3O. The summed E-state index contributed by atoms with van der Waals surface area (Å²) in [5, 5.41) is 21.0. The number of hydrogen-bond donors (Lipinski definition) is 1. The Labute approximate surface area is 197 Å². The number of phenols is 1. The van der Waals surface area contributed by atoms with Gasteiger partial charge in [0.15, 0.2) is 0 Å². The van der Waals surface area contributed by atoms with E-state index < -0.39 is 5.41 Å². The van der Waals surface area contributed by atoms with Crippen LogP contribution in [-0.2, 0) is 10.8 Å². The monoisotopic (exact) mass is 441 g/mol. The Bertz CT molecular complexity index is 1240. The number of rotatable bonds is 5. The molecule has 4 aromatic rings. The van der Waals surface area contributed by atoms with Crippen molar-refractivity contribution >= 4 is 11.0 Å². The smallest absolute Gasteiger partial charge is 0.147 e. The lowest BCUT2D eigenvalue weighted by molar-refractivity contribution is 0.283. The van der Waals surface area contributed by atoms with Gasteiger partial charge in [0.05, 0.1) is 0 Å². The van der Waals surface area contributed by atoms with E-state index in [2.05, 4.69) is 82.9 Å². The molecule has 4 heteroatoms. The van der Waals surface area contributed by atoms with Gasteiger partial charge in [-0.15, -0.1) is 15.0 Å². The van der Waals surface area contributed by atoms with Crippen molar-refractivity contribution in [1.82, 2.24) is 15.0 Å². The topological polar surface area (TPSA) is 50.9 Å². The van der Waals surface area contributed by atoms with Crippen LogP contribution in [0.1, 0.15) is 71.6 Å². The Morgan fingerprint density at radius 1 is 0.727 bits per heavy atom. The second-order valence-electron chi connectivity index (χ2n) is 11.5. The summed E-state index contributed by atoms with van der Waals surface area (Å²) in [6, 6.07) is 22.4. The maximum absolute atomic E-state index is 11.6. The van der Waals surface area contributed by atoms with Gasteiger partial charge in [0.25, 0.3) is 0 Å². The van der Waals surface area contributed by atoms with E-state index in [-0.39, 0.29) is 16.6 Å². The number of fused-ring (bicyclic) bond motifs is 1. The molecule has 1 N–H and O–H groups in total. The molecule has 0 unspecified atom stereocenters. The summed E-state index contributed by atoms with van der Waals surface area (Å²) in [5.74, 6) is 0.222. The molecule has 3 aromatic carbocycles. The molecule has 0 atom stereocenters. The van der Waals surface area contributed by atoms with Crippen LogP contribution in [-0.4, -0.2) is 20.1 Å². The summed E-state index contributed by atoms with van der Waals surface area (Å²) < 4.78 is 0. The van der Waals surface area contributed by atoms with Crippen molar-refractivity contribution in [3.8, 4) is 11.4 Å². The van der Waals surface area contributed by atoms with E-state index in [0.29, 0.717) is 5.69 Å². The molecule has 1 heterocycles. The van der Waals surface area contributed by atoms with E-state index in [4.69, 9.17) is 0 Å². The number of aromatic hydroxyl groups is 1. The molecule has 0 aliphatic heterocycles. The van der Waals surface area contributed by atoms with Gasteiger partial charge in [-0.05, 0) is 46.6 Å². The number of nitrogens with zero attached hydrogens (tertiary/aromatic N) is 3. The van der Waals surface area contributed by atoms with Crippen molar-refractivity contribution in [2.45, 2.75) is 65.7 Å². The SMILES string of the molecule is CC(C)(C)CC(C)(C)c1cc(-n2nc3ccccc3n2)c(O)c(C(C)(C)c2ccccc2)c1. The Kier molecular flexibility index (Phi) is 5.60. The maximum Gasteiger partial charge on any atom is 0.147 e. The summed E-state index contributed by atoms with van der Waals surface area (Å²) in [7, 11) is 0. The molecule has 0 saturated heterocycles. The van der Waals surface area contributed by atoms with E-state index in [1.54, 1.807) is 4.80 Å². The van der Waals surface area contributed by atoms with E-state index >= 15 is 0 Å². The van der Waals surface area contributed by atoms with E-state index in [0.717, 1.165) is 28.6 Å². The van der Waals surface area contributed by atoms with E-state index in [9.17, 15) is 5.11 Å². The average molecular weight is 442 g/mol. The van der Waals surface area contributed by atoms with Crippen LogP contribution in [0.5, 0.6) is 5.75 Å². The molecule has 0 fully saturated rings. The normalized spacial score (nSPS) is 12.9. The minimum absolute atomic E-state index is 0.102. The van der Waals surface area contributed by atoms with Crippen LogP contribution in [0.15, 0.2) is 66.7 Å². The van der Waals surface area contributed by atoms with Gasteiger partial charge < -0.3 is 5.11 Å². The fraction of sp³-hybridized carbons (Fsp3) is 0.379. The third kappa shape index (κ3) is 4.52. The minimum Gasteiger partial charge on any atom is -0.505 e.